The molecule has 0 amide bonds. The second-order valence-corrected chi connectivity index (χ2v) is 4.89. The first-order chi connectivity index (χ1) is 9.19. The summed E-state index contributed by atoms with van der Waals surface area (Å²) >= 11 is 1.37. The zero-order chi connectivity index (χ0) is 13.7. The average molecular weight is 284 g/mol. The van der Waals surface area contributed by atoms with Crippen LogP contribution >= 0.6 is 11.8 Å². The Bertz CT molecular complexity index is 535. The lowest BCUT2D eigenvalue weighted by Gasteiger charge is -2.03. The zero-order valence-electron chi connectivity index (χ0n) is 9.99. The monoisotopic (exact) mass is 284 g/mol. The molecule has 2 aromatic rings. The van der Waals surface area contributed by atoms with Crippen LogP contribution < -0.4 is 0 Å². The Labute approximate surface area is 113 Å². The summed E-state index contributed by atoms with van der Waals surface area (Å²) in [5, 5.41) is 25.5. The lowest BCUT2D eigenvalue weighted by molar-refractivity contribution is 0.113. The molecular formula is C12H13FN2O3S. The number of hydrogen-bond acceptors (Lipinski definition) is 6. The Morgan fingerprint density at radius 3 is 2.95 bits per heavy atom. The fourth-order valence-corrected chi connectivity index (χ4v) is 2.17. The van der Waals surface area contributed by atoms with E-state index in [1.165, 1.54) is 23.9 Å². The van der Waals surface area contributed by atoms with Crippen LogP contribution in [0.25, 0.3) is 11.5 Å². The molecule has 0 aliphatic carbocycles. The van der Waals surface area contributed by atoms with Crippen LogP contribution in [0.1, 0.15) is 5.89 Å². The number of nitrogens with zero attached hydrogens (tertiary/aromatic N) is 2. The third kappa shape index (κ3) is 4.02. The molecule has 102 valence electrons. The van der Waals surface area contributed by atoms with E-state index in [2.05, 4.69) is 10.2 Å². The lowest BCUT2D eigenvalue weighted by atomic mass is 10.2. The van der Waals surface area contributed by atoms with Gasteiger partial charge in [0.1, 0.15) is 5.82 Å². The van der Waals surface area contributed by atoms with Crippen molar-refractivity contribution in [3.05, 3.63) is 36.0 Å². The minimum Gasteiger partial charge on any atom is -0.420 e. The Balaban J connectivity index is 1.95. The normalized spacial score (nSPS) is 12.6. The van der Waals surface area contributed by atoms with Gasteiger partial charge in [-0.2, -0.15) is 0 Å². The van der Waals surface area contributed by atoms with Crippen molar-refractivity contribution in [1.82, 2.24) is 10.2 Å². The molecule has 0 fully saturated rings. The molecule has 1 aromatic heterocycles. The summed E-state index contributed by atoms with van der Waals surface area (Å²) in [6.45, 7) is -0.272. The van der Waals surface area contributed by atoms with E-state index in [1.54, 1.807) is 12.1 Å². The van der Waals surface area contributed by atoms with Crippen molar-refractivity contribution >= 4 is 11.8 Å². The van der Waals surface area contributed by atoms with Crippen LogP contribution in [0.3, 0.4) is 0 Å². The van der Waals surface area contributed by atoms with E-state index in [-0.39, 0.29) is 18.3 Å². The Kier molecular flexibility index (Phi) is 4.89. The van der Waals surface area contributed by atoms with E-state index < -0.39 is 6.10 Å². The first-order valence-corrected chi connectivity index (χ1v) is 6.79. The van der Waals surface area contributed by atoms with Gasteiger partial charge in [0.15, 0.2) is 0 Å². The van der Waals surface area contributed by atoms with Crippen molar-refractivity contribution in [1.29, 1.82) is 0 Å². The quantitative estimate of drug-likeness (QED) is 0.836. The van der Waals surface area contributed by atoms with Crippen molar-refractivity contribution in [2.24, 2.45) is 0 Å². The van der Waals surface area contributed by atoms with Crippen molar-refractivity contribution in [2.45, 2.75) is 11.9 Å². The molecule has 19 heavy (non-hydrogen) atoms. The molecule has 0 aliphatic heterocycles. The molecule has 0 saturated heterocycles. The van der Waals surface area contributed by atoms with Gasteiger partial charge < -0.3 is 14.6 Å². The second-order valence-electron chi connectivity index (χ2n) is 3.86. The van der Waals surface area contributed by atoms with E-state index in [4.69, 9.17) is 9.52 Å². The van der Waals surface area contributed by atoms with Gasteiger partial charge in [-0.05, 0) is 18.2 Å². The molecule has 2 rings (SSSR count). The van der Waals surface area contributed by atoms with Gasteiger partial charge in [-0.15, -0.1) is 22.0 Å². The minimum absolute atomic E-state index is 0.262. The predicted octanol–water partition coefficient (Wildman–Crippen LogP) is 1.46. The highest BCUT2D eigenvalue weighted by molar-refractivity contribution is 7.98. The van der Waals surface area contributed by atoms with E-state index in [0.717, 1.165) is 0 Å². The predicted molar refractivity (Wildman–Crippen MR) is 68.9 cm³/mol. The van der Waals surface area contributed by atoms with E-state index in [0.29, 0.717) is 23.0 Å². The number of aliphatic hydroxyl groups excluding tert-OH is 2. The Hall–Kier alpha value is -1.44. The van der Waals surface area contributed by atoms with Crippen LogP contribution in [-0.4, -0.2) is 38.9 Å². The molecule has 0 unspecified atom stereocenters. The molecule has 0 spiro atoms. The van der Waals surface area contributed by atoms with Gasteiger partial charge in [-0.1, -0.05) is 6.07 Å². The van der Waals surface area contributed by atoms with Crippen LogP contribution in [0.2, 0.25) is 0 Å². The molecule has 7 heteroatoms. The molecule has 1 heterocycles. The van der Waals surface area contributed by atoms with Gasteiger partial charge >= 0.3 is 0 Å². The molecule has 2 N–H and O–H groups in total. The van der Waals surface area contributed by atoms with Gasteiger partial charge in [-0.25, -0.2) is 4.39 Å². The van der Waals surface area contributed by atoms with Crippen LogP contribution in [0.4, 0.5) is 4.39 Å². The van der Waals surface area contributed by atoms with Crippen molar-refractivity contribution < 1.29 is 19.0 Å². The van der Waals surface area contributed by atoms with E-state index in [1.807, 2.05) is 0 Å². The van der Waals surface area contributed by atoms with Crippen molar-refractivity contribution in [3.8, 4) is 11.5 Å². The highest BCUT2D eigenvalue weighted by Gasteiger charge is 2.10. The third-order valence-corrected chi connectivity index (χ3v) is 3.36. The summed E-state index contributed by atoms with van der Waals surface area (Å²) in [5.41, 5.74) is 0.527. The summed E-state index contributed by atoms with van der Waals surface area (Å²) in [6.07, 6.45) is -0.754. The molecule has 1 aromatic carbocycles. The fourth-order valence-electron chi connectivity index (χ4n) is 1.39. The van der Waals surface area contributed by atoms with Gasteiger partial charge in [0.05, 0.1) is 18.5 Å². The molecule has 0 radical (unpaired) electrons. The van der Waals surface area contributed by atoms with Gasteiger partial charge in [0.2, 0.25) is 11.8 Å². The van der Waals surface area contributed by atoms with Crippen molar-refractivity contribution in [2.75, 3.05) is 12.4 Å². The Morgan fingerprint density at radius 1 is 1.37 bits per heavy atom. The van der Waals surface area contributed by atoms with Crippen molar-refractivity contribution in [3.63, 3.8) is 0 Å². The maximum absolute atomic E-state index is 13.0. The van der Waals surface area contributed by atoms with Crippen LogP contribution in [-0.2, 0) is 5.75 Å². The minimum atomic E-state index is -0.754. The summed E-state index contributed by atoms with van der Waals surface area (Å²) in [5.74, 6) is 1.11. The fraction of sp³-hybridized carbons (Fsp3) is 0.333. The number of aliphatic hydroxyl groups is 2. The second kappa shape index (κ2) is 6.65. The van der Waals surface area contributed by atoms with Gasteiger partial charge in [-0.3, -0.25) is 0 Å². The Morgan fingerprint density at radius 2 is 2.21 bits per heavy atom. The largest absolute Gasteiger partial charge is 0.420 e. The van der Waals surface area contributed by atoms with Gasteiger partial charge in [0, 0.05) is 11.3 Å². The summed E-state index contributed by atoms with van der Waals surface area (Å²) < 4.78 is 18.4. The van der Waals surface area contributed by atoms with Crippen LogP contribution in [0.5, 0.6) is 0 Å². The molecular weight excluding hydrogens is 271 g/mol. The number of aromatic nitrogens is 2. The highest BCUT2D eigenvalue weighted by Crippen LogP contribution is 2.20. The van der Waals surface area contributed by atoms with Crippen LogP contribution in [0.15, 0.2) is 28.7 Å². The van der Waals surface area contributed by atoms with Gasteiger partial charge in [0.25, 0.3) is 0 Å². The van der Waals surface area contributed by atoms with E-state index >= 15 is 0 Å². The highest BCUT2D eigenvalue weighted by atomic mass is 32.2. The third-order valence-electron chi connectivity index (χ3n) is 2.28. The van der Waals surface area contributed by atoms with E-state index in [9.17, 15) is 9.50 Å². The summed E-state index contributed by atoms with van der Waals surface area (Å²) in [7, 11) is 0. The first-order valence-electron chi connectivity index (χ1n) is 5.64. The zero-order valence-corrected chi connectivity index (χ0v) is 10.8. The standard InChI is InChI=1S/C12H13FN2O3S/c13-9-3-1-2-8(4-9)12-15-14-11(18-12)7-19-6-10(17)5-16/h1-4,10,16-17H,5-7H2/t10-/m1/s1. The van der Waals surface area contributed by atoms with Crippen LogP contribution in [0, 0.1) is 5.82 Å². The molecule has 5 nitrogen and oxygen atoms in total. The number of hydrogen-bond donors (Lipinski definition) is 2. The number of halogens is 1. The maximum atomic E-state index is 13.0. The molecule has 0 saturated carbocycles. The smallest absolute Gasteiger partial charge is 0.247 e. The topological polar surface area (TPSA) is 79.4 Å². The average Bonchev–Trinajstić information content (AvgIpc) is 2.87. The molecule has 1 atom stereocenters. The number of benzene rings is 1. The SMILES string of the molecule is OC[C@@H](O)CSCc1nnc(-c2cccc(F)c2)o1. The number of thioether (sulfide) groups is 1. The first kappa shape index (κ1) is 14.0. The maximum Gasteiger partial charge on any atom is 0.247 e. The number of rotatable bonds is 6. The lowest BCUT2D eigenvalue weighted by Crippen LogP contribution is -2.14. The summed E-state index contributed by atoms with van der Waals surface area (Å²) in [6, 6.07) is 5.91. The molecule has 0 aliphatic rings. The summed E-state index contributed by atoms with van der Waals surface area (Å²) in [4.78, 5) is 0. The molecule has 0 bridgehead atoms.